The number of hydrogen-bond acceptors (Lipinski definition) is 4. The molecule has 0 aromatic rings. The summed E-state index contributed by atoms with van der Waals surface area (Å²) in [5.74, 6) is 2.04. The lowest BCUT2D eigenvalue weighted by molar-refractivity contribution is -0.212. The molecule has 4 aliphatic carbocycles. The highest BCUT2D eigenvalue weighted by atomic mass is 16.7. The largest absolute Gasteiger partial charge is 0.395 e. The molecule has 1 aliphatic heterocycles. The Kier molecular flexibility index (Phi) is 5.14. The molecule has 0 aromatic carbocycles. The van der Waals surface area contributed by atoms with Crippen molar-refractivity contribution in [2.24, 2.45) is 28.6 Å². The van der Waals surface area contributed by atoms with Gasteiger partial charge in [0.1, 0.15) is 6.10 Å². The molecule has 2 N–H and O–H groups in total. The number of allylic oxidation sites excluding steroid dienone is 1. The van der Waals surface area contributed by atoms with Crippen LogP contribution in [0.15, 0.2) is 11.6 Å². The second-order valence-corrected chi connectivity index (χ2v) is 10.6. The smallest absolute Gasteiger partial charge is 0.158 e. The summed E-state index contributed by atoms with van der Waals surface area (Å²) in [6.45, 7) is 3.47. The molecule has 1 heterocycles. The summed E-state index contributed by atoms with van der Waals surface area (Å²) < 4.78 is 12.2. The third-order valence-corrected chi connectivity index (χ3v) is 9.37. The zero-order valence-corrected chi connectivity index (χ0v) is 17.4. The standard InChI is InChI=1S/C24H38O4/c1-23-11-4-5-17(23)16-7-8-19-22(28-21-6-2-3-14-27-21)20(26)10-13-24(19,15-25)18(16)9-12-23/h8,16-18,20-22,25-26H,2-7,9-15H2,1H3/t16?,17?,18?,20-,21?,22?,23-,24-/m0/s1. The van der Waals surface area contributed by atoms with Crippen LogP contribution in [0.5, 0.6) is 0 Å². The molecule has 4 fully saturated rings. The zero-order valence-electron chi connectivity index (χ0n) is 17.4. The average molecular weight is 391 g/mol. The van der Waals surface area contributed by atoms with Crippen LogP contribution in [0.25, 0.3) is 0 Å². The van der Waals surface area contributed by atoms with Crippen molar-refractivity contribution in [3.63, 3.8) is 0 Å². The topological polar surface area (TPSA) is 58.9 Å². The van der Waals surface area contributed by atoms with E-state index in [1.54, 1.807) is 0 Å². The number of fused-ring (bicyclic) bond motifs is 5. The monoisotopic (exact) mass is 390 g/mol. The van der Waals surface area contributed by atoms with Crippen LogP contribution in [0.2, 0.25) is 0 Å². The van der Waals surface area contributed by atoms with Gasteiger partial charge >= 0.3 is 0 Å². The number of rotatable bonds is 3. The van der Waals surface area contributed by atoms with Gasteiger partial charge in [0.2, 0.25) is 0 Å². The molecule has 5 unspecified atom stereocenters. The van der Waals surface area contributed by atoms with Crippen LogP contribution in [-0.2, 0) is 9.47 Å². The normalized spacial score (nSPS) is 51.0. The van der Waals surface area contributed by atoms with Crippen molar-refractivity contribution in [1.29, 1.82) is 0 Å². The molecule has 1 saturated heterocycles. The van der Waals surface area contributed by atoms with Gasteiger partial charge in [-0.3, -0.25) is 0 Å². The Hall–Kier alpha value is -0.420. The maximum atomic E-state index is 10.8. The molecule has 3 saturated carbocycles. The van der Waals surface area contributed by atoms with E-state index in [4.69, 9.17) is 9.47 Å². The molecular weight excluding hydrogens is 352 g/mol. The summed E-state index contributed by atoms with van der Waals surface area (Å²) in [6, 6.07) is 0. The van der Waals surface area contributed by atoms with E-state index in [1.165, 1.54) is 37.7 Å². The highest BCUT2D eigenvalue weighted by Gasteiger charge is 2.59. The molecule has 0 radical (unpaired) electrons. The van der Waals surface area contributed by atoms with Gasteiger partial charge in [-0.15, -0.1) is 0 Å². The third-order valence-electron chi connectivity index (χ3n) is 9.37. The van der Waals surface area contributed by atoms with Gasteiger partial charge in [-0.25, -0.2) is 0 Å². The number of hydrogen-bond donors (Lipinski definition) is 2. The van der Waals surface area contributed by atoms with Crippen molar-refractivity contribution in [2.75, 3.05) is 13.2 Å². The molecule has 5 aliphatic rings. The van der Waals surface area contributed by atoms with E-state index in [1.807, 2.05) is 0 Å². The van der Waals surface area contributed by atoms with Crippen molar-refractivity contribution >= 4 is 0 Å². The van der Waals surface area contributed by atoms with E-state index in [2.05, 4.69) is 13.0 Å². The average Bonchev–Trinajstić information content (AvgIpc) is 3.12. The third kappa shape index (κ3) is 2.93. The summed E-state index contributed by atoms with van der Waals surface area (Å²) in [4.78, 5) is 0. The SMILES string of the molecule is C[C@@]12CCCC1C1CC=C3C(OC4CCCCO4)[C@@H](O)CC[C@]3(CO)C1CC2. The molecule has 0 spiro atoms. The summed E-state index contributed by atoms with van der Waals surface area (Å²) in [6.07, 6.45) is 13.9. The van der Waals surface area contributed by atoms with Gasteiger partial charge in [-0.2, -0.15) is 0 Å². The van der Waals surface area contributed by atoms with Crippen LogP contribution >= 0.6 is 0 Å². The Balaban J connectivity index is 1.45. The van der Waals surface area contributed by atoms with Crippen LogP contribution in [0, 0.1) is 28.6 Å². The first-order valence-electron chi connectivity index (χ1n) is 11.8. The Morgan fingerprint density at radius 2 is 1.96 bits per heavy atom. The fourth-order valence-electron chi connectivity index (χ4n) is 7.90. The van der Waals surface area contributed by atoms with Gasteiger partial charge in [-0.05, 0) is 93.0 Å². The number of aliphatic hydroxyl groups excluding tert-OH is 2. The van der Waals surface area contributed by atoms with Crippen molar-refractivity contribution in [1.82, 2.24) is 0 Å². The number of aliphatic hydroxyl groups is 2. The number of ether oxygens (including phenoxy) is 2. The van der Waals surface area contributed by atoms with Crippen molar-refractivity contribution < 1.29 is 19.7 Å². The molecule has 5 rings (SSSR count). The predicted molar refractivity (Wildman–Crippen MR) is 108 cm³/mol. The van der Waals surface area contributed by atoms with Crippen molar-refractivity contribution in [3.05, 3.63) is 11.6 Å². The highest BCUT2D eigenvalue weighted by molar-refractivity contribution is 5.30. The summed E-state index contributed by atoms with van der Waals surface area (Å²) in [7, 11) is 0. The van der Waals surface area contributed by atoms with E-state index in [-0.39, 0.29) is 24.4 Å². The van der Waals surface area contributed by atoms with Gasteiger partial charge in [0, 0.05) is 12.0 Å². The molecule has 4 nitrogen and oxygen atoms in total. The molecule has 28 heavy (non-hydrogen) atoms. The molecule has 8 atom stereocenters. The van der Waals surface area contributed by atoms with Gasteiger partial charge in [-0.1, -0.05) is 19.4 Å². The van der Waals surface area contributed by atoms with Gasteiger partial charge in [0.05, 0.1) is 12.7 Å². The maximum absolute atomic E-state index is 10.8. The molecule has 158 valence electrons. The second-order valence-electron chi connectivity index (χ2n) is 10.6. The van der Waals surface area contributed by atoms with Crippen LogP contribution < -0.4 is 0 Å². The Labute approximate surface area is 169 Å². The van der Waals surface area contributed by atoms with Gasteiger partial charge in [0.25, 0.3) is 0 Å². The quantitative estimate of drug-likeness (QED) is 0.709. The summed E-state index contributed by atoms with van der Waals surface area (Å²) >= 11 is 0. The molecular formula is C24H38O4. The van der Waals surface area contributed by atoms with E-state index in [0.717, 1.165) is 51.0 Å². The molecule has 0 bridgehead atoms. The van der Waals surface area contributed by atoms with E-state index in [9.17, 15) is 10.2 Å². The minimum Gasteiger partial charge on any atom is -0.395 e. The maximum Gasteiger partial charge on any atom is 0.158 e. The zero-order chi connectivity index (χ0) is 19.4. The summed E-state index contributed by atoms with van der Waals surface area (Å²) in [5.41, 5.74) is 1.53. The first-order chi connectivity index (χ1) is 13.6. The van der Waals surface area contributed by atoms with Crippen LogP contribution in [0.1, 0.15) is 77.6 Å². The van der Waals surface area contributed by atoms with Gasteiger partial charge in [0.15, 0.2) is 6.29 Å². The fourth-order valence-corrected chi connectivity index (χ4v) is 7.90. The Morgan fingerprint density at radius 1 is 1.07 bits per heavy atom. The Morgan fingerprint density at radius 3 is 2.75 bits per heavy atom. The van der Waals surface area contributed by atoms with Crippen LogP contribution in [-0.4, -0.2) is 41.9 Å². The van der Waals surface area contributed by atoms with Crippen molar-refractivity contribution in [2.45, 2.75) is 96.1 Å². The lowest BCUT2D eigenvalue weighted by Gasteiger charge is -2.59. The van der Waals surface area contributed by atoms with Crippen LogP contribution in [0.4, 0.5) is 0 Å². The fraction of sp³-hybridized carbons (Fsp3) is 0.917. The first kappa shape index (κ1) is 19.5. The van der Waals surface area contributed by atoms with Crippen molar-refractivity contribution in [3.8, 4) is 0 Å². The summed E-state index contributed by atoms with van der Waals surface area (Å²) in [5, 5.41) is 21.6. The predicted octanol–water partition coefficient (Wildman–Crippen LogP) is 4.19. The van der Waals surface area contributed by atoms with Gasteiger partial charge < -0.3 is 19.7 Å². The Bertz CT molecular complexity index is 612. The molecule has 0 aromatic heterocycles. The highest BCUT2D eigenvalue weighted by Crippen LogP contribution is 2.65. The lowest BCUT2D eigenvalue weighted by atomic mass is 9.47. The first-order valence-corrected chi connectivity index (χ1v) is 11.8. The molecule has 4 heteroatoms. The minimum absolute atomic E-state index is 0.189. The van der Waals surface area contributed by atoms with E-state index in [0.29, 0.717) is 17.3 Å². The lowest BCUT2D eigenvalue weighted by Crippen LogP contribution is -2.56. The minimum atomic E-state index is -0.478. The van der Waals surface area contributed by atoms with E-state index >= 15 is 0 Å². The van der Waals surface area contributed by atoms with E-state index < -0.39 is 6.10 Å². The second kappa shape index (κ2) is 7.37. The van der Waals surface area contributed by atoms with Crippen LogP contribution in [0.3, 0.4) is 0 Å². The molecule has 0 amide bonds.